The van der Waals surface area contributed by atoms with E-state index in [2.05, 4.69) is 15.0 Å². The number of carbonyl (C=O) groups is 1. The van der Waals surface area contributed by atoms with Crippen molar-refractivity contribution in [1.82, 2.24) is 15.0 Å². The number of aromatic nitrogens is 3. The lowest BCUT2D eigenvalue weighted by Crippen LogP contribution is -2.19. The van der Waals surface area contributed by atoms with Gasteiger partial charge in [0.05, 0.1) is 23.4 Å². The van der Waals surface area contributed by atoms with Gasteiger partial charge in [0.1, 0.15) is 5.01 Å². The Morgan fingerprint density at radius 2 is 2.00 bits per heavy atom. The van der Waals surface area contributed by atoms with Gasteiger partial charge >= 0.3 is 5.97 Å². The maximum Gasteiger partial charge on any atom is 0.339 e. The van der Waals surface area contributed by atoms with Crippen LogP contribution in [-0.4, -0.2) is 27.5 Å². The quantitative estimate of drug-likeness (QED) is 0.393. The van der Waals surface area contributed by atoms with Crippen LogP contribution in [0, 0.1) is 0 Å². The molecule has 0 aliphatic carbocycles. The Hall–Kier alpha value is -3.10. The number of nitrogens with zero attached hydrogens (tertiary/aromatic N) is 2. The Bertz CT molecular complexity index is 1230. The minimum Gasteiger partial charge on any atom is -0.462 e. The highest BCUT2D eigenvalue weighted by molar-refractivity contribution is 7.13. The molecule has 1 N–H and O–H groups in total. The molecule has 0 amide bonds. The van der Waals surface area contributed by atoms with Crippen molar-refractivity contribution in [1.29, 1.82) is 0 Å². The number of thiophene rings is 1. The molecular formula is C23H21N3O3S2. The summed E-state index contributed by atoms with van der Waals surface area (Å²) >= 11 is 3.07. The van der Waals surface area contributed by atoms with Crippen LogP contribution in [0.4, 0.5) is 0 Å². The molecule has 6 nitrogen and oxygen atoms in total. The summed E-state index contributed by atoms with van der Waals surface area (Å²) in [5, 5.41) is 4.60. The second kappa shape index (κ2) is 9.36. The first-order valence-corrected chi connectivity index (χ1v) is 11.6. The topological polar surface area (TPSA) is 84.9 Å². The fourth-order valence-corrected chi connectivity index (χ4v) is 4.68. The highest BCUT2D eigenvalue weighted by Gasteiger charge is 2.21. The molecule has 0 unspecified atom stereocenters. The number of esters is 1. The summed E-state index contributed by atoms with van der Waals surface area (Å²) < 4.78 is 5.52. The van der Waals surface area contributed by atoms with Crippen molar-refractivity contribution in [2.45, 2.75) is 26.2 Å². The van der Waals surface area contributed by atoms with E-state index in [4.69, 9.17) is 4.74 Å². The van der Waals surface area contributed by atoms with Gasteiger partial charge in [-0.3, -0.25) is 9.78 Å². The van der Waals surface area contributed by atoms with Crippen molar-refractivity contribution in [3.8, 4) is 21.8 Å². The summed E-state index contributed by atoms with van der Waals surface area (Å²) in [5.41, 5.74) is 2.47. The Kier molecular flexibility index (Phi) is 6.39. The number of hydrogen-bond donors (Lipinski definition) is 1. The van der Waals surface area contributed by atoms with E-state index in [1.165, 1.54) is 11.3 Å². The van der Waals surface area contributed by atoms with E-state index in [0.29, 0.717) is 28.9 Å². The van der Waals surface area contributed by atoms with Crippen LogP contribution in [-0.2, 0) is 11.2 Å². The second-order valence-corrected chi connectivity index (χ2v) is 9.12. The van der Waals surface area contributed by atoms with Gasteiger partial charge < -0.3 is 9.72 Å². The van der Waals surface area contributed by atoms with Crippen molar-refractivity contribution in [2.24, 2.45) is 0 Å². The number of H-pyrrole nitrogens is 1. The smallest absolute Gasteiger partial charge is 0.339 e. The Morgan fingerprint density at radius 3 is 2.71 bits per heavy atom. The van der Waals surface area contributed by atoms with Crippen molar-refractivity contribution in [2.75, 3.05) is 6.61 Å². The van der Waals surface area contributed by atoms with Gasteiger partial charge in [0.25, 0.3) is 5.56 Å². The molecule has 8 heteroatoms. The van der Waals surface area contributed by atoms with Gasteiger partial charge in [0.2, 0.25) is 0 Å². The fourth-order valence-electron chi connectivity index (χ4n) is 3.16. The lowest BCUT2D eigenvalue weighted by molar-refractivity contribution is 0.0507. The van der Waals surface area contributed by atoms with Gasteiger partial charge in [-0.05, 0) is 35.6 Å². The van der Waals surface area contributed by atoms with Gasteiger partial charge in [-0.2, -0.15) is 0 Å². The van der Waals surface area contributed by atoms with Crippen LogP contribution in [0.5, 0.6) is 0 Å². The largest absolute Gasteiger partial charge is 0.462 e. The minimum absolute atomic E-state index is 0.0376. The van der Waals surface area contributed by atoms with E-state index in [9.17, 15) is 9.59 Å². The average molecular weight is 452 g/mol. The molecule has 158 valence electrons. The summed E-state index contributed by atoms with van der Waals surface area (Å²) in [6.07, 6.45) is 4.06. The molecule has 0 fully saturated rings. The second-order valence-electron chi connectivity index (χ2n) is 7.23. The predicted molar refractivity (Wildman–Crippen MR) is 124 cm³/mol. The Balaban J connectivity index is 1.63. The minimum atomic E-state index is -0.442. The Labute approximate surface area is 187 Å². The molecular weight excluding hydrogens is 430 g/mol. The first-order valence-electron chi connectivity index (χ1n) is 9.86. The molecule has 4 rings (SSSR count). The van der Waals surface area contributed by atoms with Gasteiger partial charge in [0, 0.05) is 40.3 Å². The van der Waals surface area contributed by atoms with Crippen LogP contribution in [0.2, 0.25) is 0 Å². The molecule has 0 bridgehead atoms. The first kappa shape index (κ1) is 21.1. The number of carbonyl (C=O) groups excluding carboxylic acids is 1. The van der Waals surface area contributed by atoms with Crippen LogP contribution in [0.25, 0.3) is 21.8 Å². The molecule has 0 aliphatic rings. The van der Waals surface area contributed by atoms with Crippen LogP contribution in [0.15, 0.2) is 58.3 Å². The van der Waals surface area contributed by atoms with E-state index in [-0.39, 0.29) is 18.1 Å². The van der Waals surface area contributed by atoms with Gasteiger partial charge in [-0.1, -0.05) is 19.9 Å². The van der Waals surface area contributed by atoms with Crippen molar-refractivity contribution < 1.29 is 9.53 Å². The van der Waals surface area contributed by atoms with Gasteiger partial charge in [-0.15, -0.1) is 22.7 Å². The first-order chi connectivity index (χ1) is 15.0. The molecule has 0 aliphatic heterocycles. The molecule has 0 saturated carbocycles. The highest BCUT2D eigenvalue weighted by Crippen LogP contribution is 2.28. The number of aromatic amines is 1. The van der Waals surface area contributed by atoms with Crippen molar-refractivity contribution in [3.05, 3.63) is 80.0 Å². The van der Waals surface area contributed by atoms with Crippen molar-refractivity contribution >= 4 is 28.6 Å². The van der Waals surface area contributed by atoms with Gasteiger partial charge in [0.15, 0.2) is 0 Å². The SMILES string of the molecule is CC(C)c1[nH]c(=O)c(-c2csc(-c3ccncc3)n2)cc1C(=O)OCCc1cccs1. The molecule has 0 spiro atoms. The maximum atomic E-state index is 12.9. The number of pyridine rings is 2. The van der Waals surface area contributed by atoms with Crippen LogP contribution in [0.3, 0.4) is 0 Å². The summed E-state index contributed by atoms with van der Waals surface area (Å²) in [5.74, 6) is -0.480. The summed E-state index contributed by atoms with van der Waals surface area (Å²) in [6, 6.07) is 9.32. The van der Waals surface area contributed by atoms with E-state index in [0.717, 1.165) is 15.4 Å². The van der Waals surface area contributed by atoms with Gasteiger partial charge in [-0.25, -0.2) is 9.78 Å². The molecule has 4 aromatic heterocycles. The molecule has 0 radical (unpaired) electrons. The molecule has 0 aromatic carbocycles. The number of thiazole rings is 1. The zero-order valence-electron chi connectivity index (χ0n) is 17.1. The highest BCUT2D eigenvalue weighted by atomic mass is 32.1. The third kappa shape index (κ3) is 4.81. The summed E-state index contributed by atoms with van der Waals surface area (Å²) in [4.78, 5) is 38.3. The molecule has 4 heterocycles. The monoisotopic (exact) mass is 451 g/mol. The number of ether oxygens (including phenoxy) is 1. The van der Waals surface area contributed by atoms with E-state index in [1.807, 2.05) is 48.9 Å². The predicted octanol–water partition coefficient (Wildman–Crippen LogP) is 5.14. The number of rotatable bonds is 7. The summed E-state index contributed by atoms with van der Waals surface area (Å²) in [6.45, 7) is 4.14. The molecule has 4 aromatic rings. The standard InChI is InChI=1S/C23H21N3O3S2/c1-14(2)20-18(23(28)29-10-7-16-4-3-11-30-16)12-17(21(27)26-20)19-13-31-22(25-19)15-5-8-24-9-6-15/h3-6,8-9,11-14H,7,10H2,1-2H3,(H,26,27). The van der Waals surface area contributed by atoms with E-state index >= 15 is 0 Å². The van der Waals surface area contributed by atoms with Crippen LogP contribution in [0.1, 0.15) is 40.7 Å². The third-order valence-corrected chi connectivity index (χ3v) is 6.57. The normalized spacial score (nSPS) is 11.1. The lowest BCUT2D eigenvalue weighted by atomic mass is 10.0. The van der Waals surface area contributed by atoms with E-state index in [1.54, 1.807) is 29.8 Å². The van der Waals surface area contributed by atoms with E-state index < -0.39 is 5.97 Å². The molecule has 0 saturated heterocycles. The number of hydrogen-bond acceptors (Lipinski definition) is 7. The van der Waals surface area contributed by atoms with Crippen LogP contribution < -0.4 is 5.56 Å². The zero-order chi connectivity index (χ0) is 21.8. The number of nitrogens with one attached hydrogen (secondary N) is 1. The third-order valence-electron chi connectivity index (χ3n) is 4.74. The van der Waals surface area contributed by atoms with Crippen LogP contribution >= 0.6 is 22.7 Å². The zero-order valence-corrected chi connectivity index (χ0v) is 18.8. The average Bonchev–Trinajstić information content (AvgIpc) is 3.46. The van der Waals surface area contributed by atoms with Crippen molar-refractivity contribution in [3.63, 3.8) is 0 Å². The molecule has 31 heavy (non-hydrogen) atoms. The fraction of sp³-hybridized carbons (Fsp3) is 0.217. The maximum absolute atomic E-state index is 12.9. The Morgan fingerprint density at radius 1 is 1.19 bits per heavy atom. The lowest BCUT2D eigenvalue weighted by Gasteiger charge is -2.13. The summed E-state index contributed by atoms with van der Waals surface area (Å²) in [7, 11) is 0. The molecule has 0 atom stereocenters.